The molecule has 0 aliphatic heterocycles. The van der Waals surface area contributed by atoms with E-state index in [9.17, 15) is 4.79 Å². The van der Waals surface area contributed by atoms with Gasteiger partial charge in [0, 0.05) is 35.5 Å². The van der Waals surface area contributed by atoms with Gasteiger partial charge in [0.05, 0.1) is 0 Å². The van der Waals surface area contributed by atoms with Crippen molar-refractivity contribution in [2.45, 2.75) is 13.0 Å². The fourth-order valence-corrected chi connectivity index (χ4v) is 1.67. The Hall–Kier alpha value is -1.62. The predicted octanol–water partition coefficient (Wildman–Crippen LogP) is 2.67. The summed E-state index contributed by atoms with van der Waals surface area (Å²) in [5.41, 5.74) is 0.804. The van der Waals surface area contributed by atoms with Gasteiger partial charge >= 0.3 is 0 Å². The summed E-state index contributed by atoms with van der Waals surface area (Å²) in [7, 11) is 0. The molecule has 17 heavy (non-hydrogen) atoms. The van der Waals surface area contributed by atoms with Crippen molar-refractivity contribution in [3.8, 4) is 0 Å². The van der Waals surface area contributed by atoms with Crippen LogP contribution in [0.2, 0.25) is 0 Å². The number of aromatic nitrogens is 2. The molecule has 0 aliphatic carbocycles. The molecule has 0 saturated heterocycles. The van der Waals surface area contributed by atoms with Crippen molar-refractivity contribution < 1.29 is 4.79 Å². The highest BCUT2D eigenvalue weighted by Crippen LogP contribution is 2.14. The average Bonchev–Trinajstić information content (AvgIpc) is 2.83. The molecule has 0 radical (unpaired) electrons. The molecule has 0 fully saturated rings. The van der Waals surface area contributed by atoms with Crippen LogP contribution in [0.3, 0.4) is 0 Å². The van der Waals surface area contributed by atoms with Crippen LogP contribution in [0.25, 0.3) is 0 Å². The van der Waals surface area contributed by atoms with Crippen LogP contribution in [0.1, 0.15) is 6.42 Å². The maximum atomic E-state index is 11.6. The SMILES string of the molecule is O=C(CCn1cccn1)Nc1ccc(Br)cc1. The van der Waals surface area contributed by atoms with Crippen LogP contribution >= 0.6 is 15.9 Å². The Bertz CT molecular complexity index is 479. The zero-order valence-corrected chi connectivity index (χ0v) is 10.7. The topological polar surface area (TPSA) is 46.9 Å². The normalized spacial score (nSPS) is 10.2. The first-order chi connectivity index (χ1) is 8.24. The first kappa shape index (κ1) is 11.9. The summed E-state index contributed by atoms with van der Waals surface area (Å²) in [4.78, 5) is 11.6. The molecule has 5 heteroatoms. The Balaban J connectivity index is 1.83. The first-order valence-corrected chi connectivity index (χ1v) is 6.06. The number of nitrogens with zero attached hydrogens (tertiary/aromatic N) is 2. The number of benzene rings is 1. The second-order valence-electron chi connectivity index (χ2n) is 3.57. The van der Waals surface area contributed by atoms with Gasteiger partial charge in [0.1, 0.15) is 0 Å². The molecule has 0 atom stereocenters. The Morgan fingerprint density at radius 1 is 1.35 bits per heavy atom. The van der Waals surface area contributed by atoms with Gasteiger partial charge in [0.15, 0.2) is 0 Å². The minimum atomic E-state index is -0.0113. The van der Waals surface area contributed by atoms with Crippen molar-refractivity contribution in [3.63, 3.8) is 0 Å². The first-order valence-electron chi connectivity index (χ1n) is 5.27. The molecule has 1 amide bonds. The van der Waals surface area contributed by atoms with Crippen LogP contribution in [0, 0.1) is 0 Å². The van der Waals surface area contributed by atoms with E-state index >= 15 is 0 Å². The smallest absolute Gasteiger partial charge is 0.226 e. The van der Waals surface area contributed by atoms with E-state index in [4.69, 9.17) is 0 Å². The molecule has 0 spiro atoms. The molecule has 1 N–H and O–H groups in total. The van der Waals surface area contributed by atoms with Crippen LogP contribution in [0.4, 0.5) is 5.69 Å². The van der Waals surface area contributed by atoms with Crippen molar-refractivity contribution in [3.05, 3.63) is 47.2 Å². The summed E-state index contributed by atoms with van der Waals surface area (Å²) in [6.45, 7) is 0.593. The van der Waals surface area contributed by atoms with Gasteiger partial charge in [-0.05, 0) is 30.3 Å². The molecule has 4 nitrogen and oxygen atoms in total. The summed E-state index contributed by atoms with van der Waals surface area (Å²) in [5.74, 6) is -0.0113. The summed E-state index contributed by atoms with van der Waals surface area (Å²) in [6.07, 6.45) is 3.96. The van der Waals surface area contributed by atoms with Crippen molar-refractivity contribution in [1.29, 1.82) is 0 Å². The molecule has 88 valence electrons. The van der Waals surface area contributed by atoms with E-state index in [1.807, 2.05) is 36.5 Å². The molecule has 1 heterocycles. The Morgan fingerprint density at radius 2 is 2.12 bits per heavy atom. The molecular formula is C12H12BrN3O. The van der Waals surface area contributed by atoms with Gasteiger partial charge in [0.2, 0.25) is 5.91 Å². The largest absolute Gasteiger partial charge is 0.326 e. The van der Waals surface area contributed by atoms with E-state index < -0.39 is 0 Å². The van der Waals surface area contributed by atoms with Crippen LogP contribution in [-0.4, -0.2) is 15.7 Å². The maximum absolute atomic E-state index is 11.6. The number of rotatable bonds is 4. The molecule has 0 unspecified atom stereocenters. The van der Waals surface area contributed by atoms with Crippen LogP contribution < -0.4 is 5.32 Å². The van der Waals surface area contributed by atoms with E-state index in [0.717, 1.165) is 10.2 Å². The zero-order valence-electron chi connectivity index (χ0n) is 9.14. The van der Waals surface area contributed by atoms with Crippen LogP contribution in [0.15, 0.2) is 47.2 Å². The van der Waals surface area contributed by atoms with Crippen molar-refractivity contribution >= 4 is 27.5 Å². The van der Waals surface area contributed by atoms with Gasteiger partial charge in [-0.15, -0.1) is 0 Å². The van der Waals surface area contributed by atoms with E-state index in [2.05, 4.69) is 26.3 Å². The predicted molar refractivity (Wildman–Crippen MR) is 69.6 cm³/mol. The monoisotopic (exact) mass is 293 g/mol. The Kier molecular flexibility index (Phi) is 3.93. The van der Waals surface area contributed by atoms with Gasteiger partial charge in [-0.1, -0.05) is 15.9 Å². The highest BCUT2D eigenvalue weighted by Gasteiger charge is 2.02. The third-order valence-corrected chi connectivity index (χ3v) is 2.78. The number of hydrogen-bond acceptors (Lipinski definition) is 2. The highest BCUT2D eigenvalue weighted by molar-refractivity contribution is 9.10. The number of nitrogens with one attached hydrogen (secondary N) is 1. The summed E-state index contributed by atoms with van der Waals surface area (Å²) < 4.78 is 2.73. The highest BCUT2D eigenvalue weighted by atomic mass is 79.9. The number of carbonyl (C=O) groups excluding carboxylic acids is 1. The molecular weight excluding hydrogens is 282 g/mol. The Morgan fingerprint density at radius 3 is 2.76 bits per heavy atom. The number of hydrogen-bond donors (Lipinski definition) is 1. The summed E-state index contributed by atoms with van der Waals surface area (Å²) in [5, 5.41) is 6.87. The fourth-order valence-electron chi connectivity index (χ4n) is 1.41. The lowest BCUT2D eigenvalue weighted by Gasteiger charge is -2.05. The van der Waals surface area contributed by atoms with Crippen LogP contribution in [-0.2, 0) is 11.3 Å². The molecule has 1 aromatic carbocycles. The number of aryl methyl sites for hydroxylation is 1. The van der Waals surface area contributed by atoms with Gasteiger partial charge in [0.25, 0.3) is 0 Å². The van der Waals surface area contributed by atoms with Gasteiger partial charge in [-0.3, -0.25) is 9.48 Å². The quantitative estimate of drug-likeness (QED) is 0.942. The summed E-state index contributed by atoms with van der Waals surface area (Å²) >= 11 is 3.34. The third kappa shape index (κ3) is 3.71. The molecule has 0 bridgehead atoms. The fraction of sp³-hybridized carbons (Fsp3) is 0.167. The molecule has 0 saturated carbocycles. The Labute approximate surface area is 108 Å². The lowest BCUT2D eigenvalue weighted by atomic mass is 10.3. The van der Waals surface area contributed by atoms with E-state index in [1.54, 1.807) is 10.9 Å². The number of amides is 1. The maximum Gasteiger partial charge on any atom is 0.226 e. The molecule has 2 rings (SSSR count). The van der Waals surface area contributed by atoms with Crippen LogP contribution in [0.5, 0.6) is 0 Å². The van der Waals surface area contributed by atoms with Gasteiger partial charge < -0.3 is 5.32 Å². The minimum Gasteiger partial charge on any atom is -0.326 e. The second-order valence-corrected chi connectivity index (χ2v) is 4.49. The van der Waals surface area contributed by atoms with Crippen molar-refractivity contribution in [2.24, 2.45) is 0 Å². The number of halogens is 1. The minimum absolute atomic E-state index is 0.0113. The van der Waals surface area contributed by atoms with E-state index in [-0.39, 0.29) is 5.91 Å². The lowest BCUT2D eigenvalue weighted by molar-refractivity contribution is -0.116. The third-order valence-electron chi connectivity index (χ3n) is 2.26. The standard InChI is InChI=1S/C12H12BrN3O/c13-10-2-4-11(5-3-10)15-12(17)6-9-16-8-1-7-14-16/h1-5,7-8H,6,9H2,(H,15,17). The zero-order chi connectivity index (χ0) is 12.1. The number of anilines is 1. The number of carbonyl (C=O) groups is 1. The second kappa shape index (κ2) is 5.63. The molecule has 0 aliphatic rings. The molecule has 1 aromatic heterocycles. The average molecular weight is 294 g/mol. The van der Waals surface area contributed by atoms with Gasteiger partial charge in [-0.25, -0.2) is 0 Å². The van der Waals surface area contributed by atoms with Gasteiger partial charge in [-0.2, -0.15) is 5.10 Å². The van der Waals surface area contributed by atoms with Crippen molar-refractivity contribution in [2.75, 3.05) is 5.32 Å². The van der Waals surface area contributed by atoms with E-state index in [1.165, 1.54) is 0 Å². The lowest BCUT2D eigenvalue weighted by Crippen LogP contribution is -2.14. The van der Waals surface area contributed by atoms with E-state index in [0.29, 0.717) is 13.0 Å². The summed E-state index contributed by atoms with van der Waals surface area (Å²) in [6, 6.07) is 9.34. The van der Waals surface area contributed by atoms with Crippen molar-refractivity contribution in [1.82, 2.24) is 9.78 Å². The molecule has 2 aromatic rings.